The number of ether oxygens (including phenoxy) is 2. The number of halogens is 2. The highest BCUT2D eigenvalue weighted by Gasteiger charge is 2.09. The Kier molecular flexibility index (Phi) is 6.07. The highest BCUT2D eigenvalue weighted by atomic mass is 79.9. The number of hydrogen-bond donors (Lipinski definition) is 1. The number of rotatable bonds is 6. The Morgan fingerprint density at radius 1 is 1.13 bits per heavy atom. The highest BCUT2D eigenvalue weighted by Crippen LogP contribution is 2.35. The molecule has 2 aromatic carbocycles. The van der Waals surface area contributed by atoms with Gasteiger partial charge in [0.1, 0.15) is 11.5 Å². The smallest absolute Gasteiger partial charge is 0.187 e. The number of methoxy groups -OCH3 is 2. The van der Waals surface area contributed by atoms with Crippen LogP contribution < -0.4 is 14.8 Å². The van der Waals surface area contributed by atoms with Gasteiger partial charge in [-0.05, 0) is 24.3 Å². The lowest BCUT2D eigenvalue weighted by atomic mass is 10.1. The molecular formula is C17H15BrClNO3. The van der Waals surface area contributed by atoms with Gasteiger partial charge in [-0.1, -0.05) is 27.5 Å². The standard InChI is InChI=1S/C17H15BrClNO3/c1-22-16-10-14(17(23-2)9-13(16)19)20-8-7-15(21)11-3-5-12(18)6-4-11/h3-10,20H,1-2H3/b8-7+. The molecule has 0 bridgehead atoms. The summed E-state index contributed by atoms with van der Waals surface area (Å²) in [5.41, 5.74) is 1.25. The summed E-state index contributed by atoms with van der Waals surface area (Å²) in [5, 5.41) is 3.45. The number of carbonyl (C=O) groups excluding carboxylic acids is 1. The molecule has 0 aliphatic rings. The SMILES string of the molecule is COc1cc(N/C=C/C(=O)c2ccc(Br)cc2)c(OC)cc1Cl. The Morgan fingerprint density at radius 2 is 1.78 bits per heavy atom. The maximum absolute atomic E-state index is 12.1. The molecule has 0 spiro atoms. The topological polar surface area (TPSA) is 47.6 Å². The molecule has 1 N–H and O–H groups in total. The quantitative estimate of drug-likeness (QED) is 0.555. The van der Waals surface area contributed by atoms with Crippen molar-refractivity contribution in [3.8, 4) is 11.5 Å². The van der Waals surface area contributed by atoms with Crippen molar-refractivity contribution in [1.29, 1.82) is 0 Å². The Hall–Kier alpha value is -1.98. The van der Waals surface area contributed by atoms with Gasteiger partial charge < -0.3 is 14.8 Å². The average molecular weight is 397 g/mol. The molecule has 0 aliphatic carbocycles. The van der Waals surface area contributed by atoms with Crippen LogP contribution in [0.5, 0.6) is 11.5 Å². The fourth-order valence-electron chi connectivity index (χ4n) is 1.89. The number of benzene rings is 2. The molecule has 6 heteroatoms. The minimum atomic E-state index is -0.107. The van der Waals surface area contributed by atoms with Crippen LogP contribution in [-0.4, -0.2) is 20.0 Å². The van der Waals surface area contributed by atoms with Crippen molar-refractivity contribution in [1.82, 2.24) is 0 Å². The molecule has 0 radical (unpaired) electrons. The molecule has 0 fully saturated rings. The third-order valence-electron chi connectivity index (χ3n) is 3.08. The van der Waals surface area contributed by atoms with Gasteiger partial charge in [0.05, 0.1) is 24.9 Å². The van der Waals surface area contributed by atoms with Gasteiger partial charge in [-0.25, -0.2) is 0 Å². The molecule has 0 unspecified atom stereocenters. The maximum atomic E-state index is 12.1. The zero-order valence-corrected chi connectivity index (χ0v) is 14.9. The van der Waals surface area contributed by atoms with E-state index in [9.17, 15) is 4.79 Å². The Balaban J connectivity index is 2.13. The second kappa shape index (κ2) is 8.04. The van der Waals surface area contributed by atoms with Crippen LogP contribution in [0.25, 0.3) is 0 Å². The first-order valence-electron chi connectivity index (χ1n) is 6.69. The van der Waals surface area contributed by atoms with Gasteiger partial charge in [0, 0.05) is 34.4 Å². The van der Waals surface area contributed by atoms with Gasteiger partial charge in [0.2, 0.25) is 0 Å². The lowest BCUT2D eigenvalue weighted by Crippen LogP contribution is -1.98. The van der Waals surface area contributed by atoms with Crippen LogP contribution in [0.3, 0.4) is 0 Å². The molecule has 120 valence electrons. The van der Waals surface area contributed by atoms with E-state index in [4.69, 9.17) is 21.1 Å². The van der Waals surface area contributed by atoms with E-state index in [1.54, 1.807) is 37.6 Å². The van der Waals surface area contributed by atoms with Gasteiger partial charge in [-0.3, -0.25) is 4.79 Å². The monoisotopic (exact) mass is 395 g/mol. The zero-order chi connectivity index (χ0) is 16.8. The average Bonchev–Trinajstić information content (AvgIpc) is 2.56. The summed E-state index contributed by atoms with van der Waals surface area (Å²) in [5.74, 6) is 0.962. The van der Waals surface area contributed by atoms with E-state index in [0.29, 0.717) is 27.8 Å². The number of nitrogens with one attached hydrogen (secondary N) is 1. The van der Waals surface area contributed by atoms with Crippen molar-refractivity contribution < 1.29 is 14.3 Å². The predicted molar refractivity (Wildman–Crippen MR) is 95.8 cm³/mol. The van der Waals surface area contributed by atoms with E-state index in [-0.39, 0.29) is 5.78 Å². The lowest BCUT2D eigenvalue weighted by molar-refractivity contribution is 0.104. The highest BCUT2D eigenvalue weighted by molar-refractivity contribution is 9.10. The van der Waals surface area contributed by atoms with Crippen molar-refractivity contribution in [2.24, 2.45) is 0 Å². The third kappa shape index (κ3) is 4.50. The van der Waals surface area contributed by atoms with Crippen molar-refractivity contribution in [2.45, 2.75) is 0 Å². The Labute approximate surface area is 148 Å². The van der Waals surface area contributed by atoms with E-state index < -0.39 is 0 Å². The molecule has 0 heterocycles. The number of ketones is 1. The Bertz CT molecular complexity index is 729. The van der Waals surface area contributed by atoms with Crippen molar-refractivity contribution in [2.75, 3.05) is 19.5 Å². The number of hydrogen-bond acceptors (Lipinski definition) is 4. The summed E-state index contributed by atoms with van der Waals surface area (Å²) < 4.78 is 11.3. The molecule has 0 saturated carbocycles. The van der Waals surface area contributed by atoms with E-state index >= 15 is 0 Å². The number of allylic oxidation sites excluding steroid dienone is 1. The largest absolute Gasteiger partial charge is 0.495 e. The maximum Gasteiger partial charge on any atom is 0.187 e. The van der Waals surface area contributed by atoms with Crippen molar-refractivity contribution in [3.05, 3.63) is 63.7 Å². The summed E-state index contributed by atoms with van der Waals surface area (Å²) in [7, 11) is 3.07. The van der Waals surface area contributed by atoms with E-state index in [1.807, 2.05) is 12.1 Å². The van der Waals surface area contributed by atoms with Gasteiger partial charge in [0.15, 0.2) is 5.78 Å². The molecule has 0 atom stereocenters. The van der Waals surface area contributed by atoms with Gasteiger partial charge in [0.25, 0.3) is 0 Å². The van der Waals surface area contributed by atoms with E-state index in [2.05, 4.69) is 21.2 Å². The fraction of sp³-hybridized carbons (Fsp3) is 0.118. The second-order valence-electron chi connectivity index (χ2n) is 4.54. The molecule has 2 aromatic rings. The van der Waals surface area contributed by atoms with Gasteiger partial charge in [-0.2, -0.15) is 0 Å². The van der Waals surface area contributed by atoms with Crippen molar-refractivity contribution >= 4 is 39.0 Å². The van der Waals surface area contributed by atoms with Crippen LogP contribution >= 0.6 is 27.5 Å². The molecule has 4 nitrogen and oxygen atoms in total. The van der Waals surface area contributed by atoms with Crippen LogP contribution in [0.15, 0.2) is 53.1 Å². The van der Waals surface area contributed by atoms with E-state index in [0.717, 1.165) is 4.47 Å². The first-order chi connectivity index (χ1) is 11.0. The molecule has 2 rings (SSSR count). The zero-order valence-electron chi connectivity index (χ0n) is 12.6. The van der Waals surface area contributed by atoms with E-state index in [1.165, 1.54) is 13.2 Å². The lowest BCUT2D eigenvalue weighted by Gasteiger charge is -2.11. The van der Waals surface area contributed by atoms with Crippen LogP contribution in [-0.2, 0) is 0 Å². The second-order valence-corrected chi connectivity index (χ2v) is 5.86. The van der Waals surface area contributed by atoms with Crippen LogP contribution in [0.4, 0.5) is 5.69 Å². The molecule has 0 saturated heterocycles. The molecule has 23 heavy (non-hydrogen) atoms. The predicted octanol–water partition coefficient (Wildman–Crippen LogP) is 4.93. The van der Waals surface area contributed by atoms with Crippen LogP contribution in [0.2, 0.25) is 5.02 Å². The van der Waals surface area contributed by atoms with Gasteiger partial charge >= 0.3 is 0 Å². The summed E-state index contributed by atoms with van der Waals surface area (Å²) in [6, 6.07) is 10.5. The summed E-state index contributed by atoms with van der Waals surface area (Å²) in [6.45, 7) is 0. The molecule has 0 aromatic heterocycles. The summed E-state index contributed by atoms with van der Waals surface area (Å²) in [6.07, 6.45) is 3.00. The van der Waals surface area contributed by atoms with Gasteiger partial charge in [-0.15, -0.1) is 0 Å². The molecule has 0 amide bonds. The molecular weight excluding hydrogens is 382 g/mol. The first-order valence-corrected chi connectivity index (χ1v) is 7.86. The minimum absolute atomic E-state index is 0.107. The number of carbonyl (C=O) groups is 1. The number of anilines is 1. The molecule has 0 aliphatic heterocycles. The minimum Gasteiger partial charge on any atom is -0.495 e. The van der Waals surface area contributed by atoms with Crippen LogP contribution in [0, 0.1) is 0 Å². The first kappa shape index (κ1) is 17.4. The van der Waals surface area contributed by atoms with Crippen LogP contribution in [0.1, 0.15) is 10.4 Å². The summed E-state index contributed by atoms with van der Waals surface area (Å²) in [4.78, 5) is 12.1. The van der Waals surface area contributed by atoms with Crippen molar-refractivity contribution in [3.63, 3.8) is 0 Å². The Morgan fingerprint density at radius 3 is 2.39 bits per heavy atom. The third-order valence-corrected chi connectivity index (χ3v) is 3.90. The normalized spacial score (nSPS) is 10.6. The fourth-order valence-corrected chi connectivity index (χ4v) is 2.39. The summed E-state index contributed by atoms with van der Waals surface area (Å²) >= 11 is 9.38.